The Kier molecular flexibility index (Phi) is 2.53. The Labute approximate surface area is 64.3 Å². The Balaban J connectivity index is 2.24. The SMILES string of the molecule is CCCC(C)C=C1CC1C. The van der Waals surface area contributed by atoms with E-state index >= 15 is 0 Å². The van der Waals surface area contributed by atoms with Crippen LogP contribution in [0.25, 0.3) is 0 Å². The summed E-state index contributed by atoms with van der Waals surface area (Å²) in [6, 6.07) is 0. The Morgan fingerprint density at radius 1 is 1.70 bits per heavy atom. The smallest absolute Gasteiger partial charge is 0.0194 e. The second-order valence-electron chi connectivity index (χ2n) is 3.61. The van der Waals surface area contributed by atoms with Crippen molar-refractivity contribution in [1.29, 1.82) is 0 Å². The number of allylic oxidation sites excluding steroid dienone is 2. The lowest BCUT2D eigenvalue weighted by atomic mass is 10.1. The van der Waals surface area contributed by atoms with E-state index in [1.807, 2.05) is 0 Å². The zero-order chi connectivity index (χ0) is 7.56. The average molecular weight is 138 g/mol. The van der Waals surface area contributed by atoms with Crippen LogP contribution in [0, 0.1) is 11.8 Å². The molecule has 0 aromatic heterocycles. The normalized spacial score (nSPS) is 30.7. The van der Waals surface area contributed by atoms with Crippen LogP contribution in [0.15, 0.2) is 11.6 Å². The maximum Gasteiger partial charge on any atom is -0.0194 e. The summed E-state index contributed by atoms with van der Waals surface area (Å²) in [4.78, 5) is 0. The fourth-order valence-electron chi connectivity index (χ4n) is 1.43. The molecule has 0 aliphatic heterocycles. The average Bonchev–Trinajstić information content (AvgIpc) is 2.47. The van der Waals surface area contributed by atoms with E-state index in [-0.39, 0.29) is 0 Å². The lowest BCUT2D eigenvalue weighted by molar-refractivity contribution is 0.632. The predicted molar refractivity (Wildman–Crippen MR) is 45.9 cm³/mol. The molecule has 0 spiro atoms. The minimum atomic E-state index is 0.824. The van der Waals surface area contributed by atoms with Crippen LogP contribution >= 0.6 is 0 Å². The Morgan fingerprint density at radius 3 is 2.70 bits per heavy atom. The van der Waals surface area contributed by atoms with Gasteiger partial charge in [-0.1, -0.05) is 38.8 Å². The van der Waals surface area contributed by atoms with Gasteiger partial charge in [0.1, 0.15) is 0 Å². The van der Waals surface area contributed by atoms with Crippen LogP contribution in [0.2, 0.25) is 0 Å². The standard InChI is InChI=1S/C10H18/c1-4-5-8(2)6-10-7-9(10)3/h6,8-9H,4-5,7H2,1-3H3. The van der Waals surface area contributed by atoms with Crippen LogP contribution in [-0.2, 0) is 0 Å². The van der Waals surface area contributed by atoms with E-state index in [1.54, 1.807) is 5.57 Å². The van der Waals surface area contributed by atoms with Crippen molar-refractivity contribution >= 4 is 0 Å². The topological polar surface area (TPSA) is 0 Å². The minimum Gasteiger partial charge on any atom is -0.0822 e. The summed E-state index contributed by atoms with van der Waals surface area (Å²) in [5, 5.41) is 0. The molecular weight excluding hydrogens is 120 g/mol. The van der Waals surface area contributed by atoms with Crippen molar-refractivity contribution in [3.63, 3.8) is 0 Å². The minimum absolute atomic E-state index is 0.824. The molecule has 2 unspecified atom stereocenters. The quantitative estimate of drug-likeness (QED) is 0.524. The first kappa shape index (κ1) is 7.84. The largest absolute Gasteiger partial charge is 0.0822 e. The molecule has 10 heavy (non-hydrogen) atoms. The van der Waals surface area contributed by atoms with Gasteiger partial charge in [0.15, 0.2) is 0 Å². The van der Waals surface area contributed by atoms with Crippen LogP contribution in [0.4, 0.5) is 0 Å². The highest BCUT2D eigenvalue weighted by atomic mass is 14.3. The summed E-state index contributed by atoms with van der Waals surface area (Å²) in [6.07, 6.45) is 6.51. The summed E-state index contributed by atoms with van der Waals surface area (Å²) >= 11 is 0. The van der Waals surface area contributed by atoms with E-state index in [0.717, 1.165) is 11.8 Å². The Hall–Kier alpha value is -0.260. The summed E-state index contributed by atoms with van der Waals surface area (Å²) < 4.78 is 0. The lowest BCUT2D eigenvalue weighted by Gasteiger charge is -2.00. The maximum atomic E-state index is 2.47. The molecule has 2 atom stereocenters. The lowest BCUT2D eigenvalue weighted by Crippen LogP contribution is -1.86. The first-order valence-corrected chi connectivity index (χ1v) is 4.44. The Bertz CT molecular complexity index is 133. The van der Waals surface area contributed by atoms with Crippen molar-refractivity contribution in [2.45, 2.75) is 40.0 Å². The molecule has 0 amide bonds. The maximum absolute atomic E-state index is 2.47. The van der Waals surface area contributed by atoms with Crippen molar-refractivity contribution in [3.05, 3.63) is 11.6 Å². The fourth-order valence-corrected chi connectivity index (χ4v) is 1.43. The van der Waals surface area contributed by atoms with Crippen LogP contribution in [-0.4, -0.2) is 0 Å². The number of rotatable bonds is 3. The molecule has 0 aromatic rings. The van der Waals surface area contributed by atoms with Gasteiger partial charge in [0.2, 0.25) is 0 Å². The van der Waals surface area contributed by atoms with Gasteiger partial charge >= 0.3 is 0 Å². The molecule has 1 aliphatic carbocycles. The van der Waals surface area contributed by atoms with E-state index < -0.39 is 0 Å². The van der Waals surface area contributed by atoms with Crippen molar-refractivity contribution in [3.8, 4) is 0 Å². The fraction of sp³-hybridized carbons (Fsp3) is 0.800. The summed E-state index contributed by atoms with van der Waals surface area (Å²) in [7, 11) is 0. The number of hydrogen-bond acceptors (Lipinski definition) is 0. The monoisotopic (exact) mass is 138 g/mol. The summed E-state index contributed by atoms with van der Waals surface area (Å²) in [6.45, 7) is 6.89. The molecule has 1 fully saturated rings. The molecule has 1 rings (SSSR count). The van der Waals surface area contributed by atoms with E-state index in [9.17, 15) is 0 Å². The molecule has 0 radical (unpaired) electrons. The molecule has 0 heteroatoms. The third kappa shape index (κ3) is 2.17. The molecule has 58 valence electrons. The van der Waals surface area contributed by atoms with Crippen LogP contribution in [0.5, 0.6) is 0 Å². The van der Waals surface area contributed by atoms with Gasteiger partial charge in [-0.3, -0.25) is 0 Å². The first-order valence-electron chi connectivity index (χ1n) is 4.44. The molecule has 0 bridgehead atoms. The third-order valence-corrected chi connectivity index (χ3v) is 2.26. The van der Waals surface area contributed by atoms with Crippen molar-refractivity contribution in [2.75, 3.05) is 0 Å². The first-order chi connectivity index (χ1) is 4.74. The summed E-state index contributed by atoms with van der Waals surface area (Å²) in [5.41, 5.74) is 1.70. The molecular formula is C10H18. The van der Waals surface area contributed by atoms with Crippen LogP contribution in [0.3, 0.4) is 0 Å². The van der Waals surface area contributed by atoms with E-state index in [4.69, 9.17) is 0 Å². The van der Waals surface area contributed by atoms with E-state index in [1.165, 1.54) is 19.3 Å². The van der Waals surface area contributed by atoms with Gasteiger partial charge in [-0.05, 0) is 24.7 Å². The predicted octanol–water partition coefficient (Wildman–Crippen LogP) is 3.39. The van der Waals surface area contributed by atoms with Gasteiger partial charge in [-0.25, -0.2) is 0 Å². The highest BCUT2D eigenvalue weighted by Gasteiger charge is 2.23. The molecule has 0 nitrogen and oxygen atoms in total. The van der Waals surface area contributed by atoms with Gasteiger partial charge in [-0.15, -0.1) is 0 Å². The van der Waals surface area contributed by atoms with Gasteiger partial charge in [0, 0.05) is 0 Å². The van der Waals surface area contributed by atoms with Crippen molar-refractivity contribution < 1.29 is 0 Å². The van der Waals surface area contributed by atoms with Gasteiger partial charge in [0.25, 0.3) is 0 Å². The second-order valence-corrected chi connectivity index (χ2v) is 3.61. The summed E-state index contributed by atoms with van der Waals surface area (Å²) in [5.74, 6) is 1.74. The zero-order valence-corrected chi connectivity index (χ0v) is 7.35. The Morgan fingerprint density at radius 2 is 2.30 bits per heavy atom. The third-order valence-electron chi connectivity index (χ3n) is 2.26. The molecule has 0 heterocycles. The zero-order valence-electron chi connectivity index (χ0n) is 7.35. The van der Waals surface area contributed by atoms with Gasteiger partial charge in [-0.2, -0.15) is 0 Å². The molecule has 0 aromatic carbocycles. The van der Waals surface area contributed by atoms with Crippen LogP contribution in [0.1, 0.15) is 40.0 Å². The van der Waals surface area contributed by atoms with Crippen molar-refractivity contribution in [1.82, 2.24) is 0 Å². The second kappa shape index (κ2) is 3.23. The van der Waals surface area contributed by atoms with E-state index in [0.29, 0.717) is 0 Å². The molecule has 1 saturated carbocycles. The van der Waals surface area contributed by atoms with E-state index in [2.05, 4.69) is 26.8 Å². The molecule has 0 N–H and O–H groups in total. The highest BCUT2D eigenvalue weighted by molar-refractivity contribution is 5.22. The van der Waals surface area contributed by atoms with Crippen LogP contribution < -0.4 is 0 Å². The van der Waals surface area contributed by atoms with Gasteiger partial charge in [0.05, 0.1) is 0 Å². The van der Waals surface area contributed by atoms with Crippen molar-refractivity contribution in [2.24, 2.45) is 11.8 Å². The molecule has 0 saturated heterocycles. The van der Waals surface area contributed by atoms with Gasteiger partial charge < -0.3 is 0 Å². The molecule has 1 aliphatic rings. The number of hydrogen-bond donors (Lipinski definition) is 0. The highest BCUT2D eigenvalue weighted by Crippen LogP contribution is 2.37.